The average molecular weight is 423 g/mol. The molecule has 0 spiro atoms. The van der Waals surface area contributed by atoms with E-state index in [1.54, 1.807) is 43.3 Å². The summed E-state index contributed by atoms with van der Waals surface area (Å²) < 4.78 is 39.9. The normalized spacial score (nSPS) is 11.7. The number of nitrogens with zero attached hydrogens (tertiary/aromatic N) is 1. The van der Waals surface area contributed by atoms with Gasteiger partial charge >= 0.3 is 0 Å². The zero-order chi connectivity index (χ0) is 21.6. The zero-order valence-electron chi connectivity index (χ0n) is 17.1. The Labute approximate surface area is 174 Å². The van der Waals surface area contributed by atoms with E-state index in [2.05, 4.69) is 0 Å². The highest BCUT2D eigenvalue weighted by Crippen LogP contribution is 2.46. The molecule has 1 heterocycles. The number of aromatic nitrogens is 1. The van der Waals surface area contributed by atoms with E-state index in [4.69, 9.17) is 9.47 Å². The predicted octanol–water partition coefficient (Wildman–Crippen LogP) is 4.48. The van der Waals surface area contributed by atoms with Gasteiger partial charge in [0.15, 0.2) is 17.8 Å². The SMILES string of the molecule is COc1c(C)c(C=O)c2c(c1OC)c1ccccc1n2S(=O)(=O)c1ccc(C)cc1. The van der Waals surface area contributed by atoms with Crippen LogP contribution in [0.2, 0.25) is 0 Å². The molecule has 6 nitrogen and oxygen atoms in total. The largest absolute Gasteiger partial charge is 0.493 e. The molecule has 0 N–H and O–H groups in total. The first-order valence-electron chi connectivity index (χ1n) is 9.32. The van der Waals surface area contributed by atoms with E-state index in [1.807, 2.05) is 19.1 Å². The quantitative estimate of drug-likeness (QED) is 0.443. The number of aldehydes is 1. The number of ether oxygens (including phenoxy) is 2. The van der Waals surface area contributed by atoms with Crippen LogP contribution in [0.5, 0.6) is 11.5 Å². The van der Waals surface area contributed by atoms with Gasteiger partial charge in [0.2, 0.25) is 0 Å². The standard InChI is InChI=1S/C23H21NO5S/c1-14-9-11-16(12-10-14)30(26,27)24-19-8-6-5-7-17(19)20-21(24)18(13-25)15(2)22(28-3)23(20)29-4/h5-13H,1-4H3. The van der Waals surface area contributed by atoms with Gasteiger partial charge < -0.3 is 9.47 Å². The highest BCUT2D eigenvalue weighted by Gasteiger charge is 2.30. The van der Waals surface area contributed by atoms with E-state index in [9.17, 15) is 13.2 Å². The monoisotopic (exact) mass is 423 g/mol. The molecule has 154 valence electrons. The van der Waals surface area contributed by atoms with Crippen LogP contribution in [0.3, 0.4) is 0 Å². The lowest BCUT2D eigenvalue weighted by Crippen LogP contribution is -2.14. The highest BCUT2D eigenvalue weighted by atomic mass is 32.2. The van der Waals surface area contributed by atoms with E-state index in [0.717, 1.165) is 5.56 Å². The molecule has 30 heavy (non-hydrogen) atoms. The second-order valence-corrected chi connectivity index (χ2v) is 8.83. The van der Waals surface area contributed by atoms with Crippen molar-refractivity contribution in [1.29, 1.82) is 0 Å². The van der Waals surface area contributed by atoms with Crippen LogP contribution in [-0.4, -0.2) is 32.9 Å². The first kappa shape index (κ1) is 20.0. The van der Waals surface area contributed by atoms with Gasteiger partial charge in [-0.25, -0.2) is 12.4 Å². The Morgan fingerprint density at radius 2 is 1.53 bits per heavy atom. The molecule has 0 saturated carbocycles. The third-order valence-electron chi connectivity index (χ3n) is 5.35. The molecule has 3 aromatic carbocycles. The lowest BCUT2D eigenvalue weighted by molar-refractivity contribution is 0.112. The maximum Gasteiger partial charge on any atom is 0.268 e. The van der Waals surface area contributed by atoms with Crippen LogP contribution in [0, 0.1) is 13.8 Å². The highest BCUT2D eigenvalue weighted by molar-refractivity contribution is 7.90. The lowest BCUT2D eigenvalue weighted by Gasteiger charge is -2.16. The first-order valence-corrected chi connectivity index (χ1v) is 10.8. The van der Waals surface area contributed by atoms with E-state index < -0.39 is 10.0 Å². The Morgan fingerprint density at radius 3 is 2.13 bits per heavy atom. The Morgan fingerprint density at radius 1 is 0.900 bits per heavy atom. The van der Waals surface area contributed by atoms with Gasteiger partial charge in [0.1, 0.15) is 0 Å². The van der Waals surface area contributed by atoms with Crippen molar-refractivity contribution < 1.29 is 22.7 Å². The summed E-state index contributed by atoms with van der Waals surface area (Å²) in [5.74, 6) is 0.799. The summed E-state index contributed by atoms with van der Waals surface area (Å²) >= 11 is 0. The fourth-order valence-corrected chi connectivity index (χ4v) is 5.46. The van der Waals surface area contributed by atoms with Crippen molar-refractivity contribution >= 4 is 38.1 Å². The number of carbonyl (C=O) groups excluding carboxylic acids is 1. The van der Waals surface area contributed by atoms with Gasteiger partial charge in [0.25, 0.3) is 10.0 Å². The Kier molecular flexibility index (Phi) is 4.78. The number of para-hydroxylation sites is 1. The van der Waals surface area contributed by atoms with Crippen molar-refractivity contribution in [2.75, 3.05) is 14.2 Å². The van der Waals surface area contributed by atoms with Gasteiger partial charge in [-0.3, -0.25) is 4.79 Å². The van der Waals surface area contributed by atoms with Crippen LogP contribution in [0.4, 0.5) is 0 Å². The molecule has 0 unspecified atom stereocenters. The summed E-state index contributed by atoms with van der Waals surface area (Å²) in [6.45, 7) is 3.60. The maximum atomic E-state index is 13.7. The number of hydrogen-bond acceptors (Lipinski definition) is 5. The number of rotatable bonds is 5. The fourth-order valence-electron chi connectivity index (χ4n) is 3.92. The molecule has 4 aromatic rings. The van der Waals surface area contributed by atoms with Crippen LogP contribution in [0.25, 0.3) is 21.8 Å². The number of hydrogen-bond donors (Lipinski definition) is 0. The third kappa shape index (κ3) is 2.69. The topological polar surface area (TPSA) is 74.6 Å². The summed E-state index contributed by atoms with van der Waals surface area (Å²) in [6, 6.07) is 13.7. The van der Waals surface area contributed by atoms with Crippen LogP contribution >= 0.6 is 0 Å². The van der Waals surface area contributed by atoms with Crippen molar-refractivity contribution in [3.8, 4) is 11.5 Å². The van der Waals surface area contributed by atoms with Crippen LogP contribution < -0.4 is 9.47 Å². The van der Waals surface area contributed by atoms with Crippen molar-refractivity contribution in [3.05, 3.63) is 65.2 Å². The minimum absolute atomic E-state index is 0.139. The number of methoxy groups -OCH3 is 2. The number of carbonyl (C=O) groups is 1. The average Bonchev–Trinajstić information content (AvgIpc) is 3.08. The molecule has 4 rings (SSSR count). The Balaban J connectivity index is 2.29. The zero-order valence-corrected chi connectivity index (χ0v) is 17.9. The molecule has 0 bridgehead atoms. The van der Waals surface area contributed by atoms with Gasteiger partial charge in [0, 0.05) is 16.5 Å². The smallest absolute Gasteiger partial charge is 0.268 e. The van der Waals surface area contributed by atoms with E-state index in [1.165, 1.54) is 18.2 Å². The van der Waals surface area contributed by atoms with Crippen LogP contribution in [-0.2, 0) is 10.0 Å². The molecule has 0 aliphatic carbocycles. The van der Waals surface area contributed by atoms with Gasteiger partial charge in [-0.1, -0.05) is 35.9 Å². The second kappa shape index (κ2) is 7.18. The van der Waals surface area contributed by atoms with E-state index >= 15 is 0 Å². The minimum Gasteiger partial charge on any atom is -0.493 e. The molecular formula is C23H21NO5S. The number of fused-ring (bicyclic) bond motifs is 3. The summed E-state index contributed by atoms with van der Waals surface area (Å²) in [5, 5.41) is 1.18. The van der Waals surface area contributed by atoms with Crippen molar-refractivity contribution in [2.45, 2.75) is 18.7 Å². The molecular weight excluding hydrogens is 402 g/mol. The Bertz CT molecular complexity index is 1400. The van der Waals surface area contributed by atoms with Gasteiger partial charge in [-0.2, -0.15) is 0 Å². The van der Waals surface area contributed by atoms with Gasteiger partial charge in [-0.05, 0) is 32.0 Å². The molecule has 0 radical (unpaired) electrons. The van der Waals surface area contributed by atoms with Crippen molar-refractivity contribution in [2.24, 2.45) is 0 Å². The molecule has 1 aromatic heterocycles. The summed E-state index contributed by atoms with van der Waals surface area (Å²) in [5.41, 5.74) is 2.45. The van der Waals surface area contributed by atoms with E-state index in [0.29, 0.717) is 39.6 Å². The third-order valence-corrected chi connectivity index (χ3v) is 7.08. The summed E-state index contributed by atoms with van der Waals surface area (Å²) in [4.78, 5) is 12.3. The second-order valence-electron chi connectivity index (χ2n) is 7.05. The minimum atomic E-state index is -4.00. The Hall–Kier alpha value is -3.32. The lowest BCUT2D eigenvalue weighted by atomic mass is 10.0. The molecule has 0 amide bonds. The number of aryl methyl sites for hydroxylation is 1. The predicted molar refractivity (Wildman–Crippen MR) is 116 cm³/mol. The molecule has 0 saturated heterocycles. The van der Waals surface area contributed by atoms with Crippen LogP contribution in [0.15, 0.2) is 53.4 Å². The molecule has 0 aliphatic heterocycles. The van der Waals surface area contributed by atoms with Gasteiger partial charge in [0.05, 0.1) is 35.5 Å². The molecule has 0 aliphatic rings. The maximum absolute atomic E-state index is 13.7. The molecule has 0 fully saturated rings. The molecule has 7 heteroatoms. The van der Waals surface area contributed by atoms with E-state index in [-0.39, 0.29) is 16.0 Å². The number of benzene rings is 3. The summed E-state index contributed by atoms with van der Waals surface area (Å²) in [6.07, 6.45) is 0.666. The van der Waals surface area contributed by atoms with Crippen LogP contribution in [0.1, 0.15) is 21.5 Å². The van der Waals surface area contributed by atoms with Crippen molar-refractivity contribution in [1.82, 2.24) is 3.97 Å². The summed E-state index contributed by atoms with van der Waals surface area (Å²) in [7, 11) is -1.01. The first-order chi connectivity index (χ1) is 14.4. The van der Waals surface area contributed by atoms with Gasteiger partial charge in [-0.15, -0.1) is 0 Å². The van der Waals surface area contributed by atoms with Crippen molar-refractivity contribution in [3.63, 3.8) is 0 Å². The molecule has 0 atom stereocenters. The fraction of sp³-hybridized carbons (Fsp3) is 0.174.